The lowest BCUT2D eigenvalue weighted by atomic mass is 9.87. The number of hydrogen-bond acceptors (Lipinski definition) is 2. The summed E-state index contributed by atoms with van der Waals surface area (Å²) in [5, 5.41) is 3.78. The zero-order valence-corrected chi connectivity index (χ0v) is 13.4. The van der Waals surface area contributed by atoms with Crippen LogP contribution in [0.25, 0.3) is 0 Å². The summed E-state index contributed by atoms with van der Waals surface area (Å²) in [6.07, 6.45) is 16.0. The molecule has 3 aliphatic rings. The molecule has 1 aliphatic heterocycles. The van der Waals surface area contributed by atoms with E-state index in [1.165, 1.54) is 83.7 Å². The highest BCUT2D eigenvalue weighted by Crippen LogP contribution is 2.38. The minimum absolute atomic E-state index is 0.804. The monoisotopic (exact) mass is 278 g/mol. The third-order valence-corrected chi connectivity index (χ3v) is 6.08. The standard InChI is InChI=1S/C18H34N2/c1-2-12-19-16-9-5-10-17(14-16)20-13-6-11-18(20)15-7-3-4-8-15/h15-19H,2-14H2,1H3. The quantitative estimate of drug-likeness (QED) is 0.819. The lowest BCUT2D eigenvalue weighted by Crippen LogP contribution is -2.48. The second-order valence-electron chi connectivity index (χ2n) is 7.46. The Morgan fingerprint density at radius 1 is 0.950 bits per heavy atom. The molecule has 116 valence electrons. The van der Waals surface area contributed by atoms with Crippen molar-refractivity contribution in [2.45, 2.75) is 95.7 Å². The van der Waals surface area contributed by atoms with E-state index in [1.807, 2.05) is 0 Å². The third kappa shape index (κ3) is 3.39. The van der Waals surface area contributed by atoms with Crippen molar-refractivity contribution in [1.29, 1.82) is 0 Å². The van der Waals surface area contributed by atoms with E-state index in [0.717, 1.165) is 24.0 Å². The molecule has 1 heterocycles. The fraction of sp³-hybridized carbons (Fsp3) is 1.00. The molecular formula is C18H34N2. The minimum atomic E-state index is 0.804. The highest BCUT2D eigenvalue weighted by molar-refractivity contribution is 4.93. The van der Waals surface area contributed by atoms with Gasteiger partial charge in [-0.05, 0) is 70.4 Å². The highest BCUT2D eigenvalue weighted by atomic mass is 15.2. The van der Waals surface area contributed by atoms with Crippen molar-refractivity contribution in [3.05, 3.63) is 0 Å². The van der Waals surface area contributed by atoms with Gasteiger partial charge in [-0.25, -0.2) is 0 Å². The van der Waals surface area contributed by atoms with Crippen LogP contribution in [0.3, 0.4) is 0 Å². The van der Waals surface area contributed by atoms with Crippen LogP contribution < -0.4 is 5.32 Å². The van der Waals surface area contributed by atoms with Gasteiger partial charge >= 0.3 is 0 Å². The number of nitrogens with zero attached hydrogens (tertiary/aromatic N) is 1. The maximum absolute atomic E-state index is 3.78. The molecule has 20 heavy (non-hydrogen) atoms. The van der Waals surface area contributed by atoms with Gasteiger partial charge in [0.25, 0.3) is 0 Å². The zero-order chi connectivity index (χ0) is 13.8. The molecule has 1 saturated heterocycles. The van der Waals surface area contributed by atoms with E-state index in [-0.39, 0.29) is 0 Å². The number of nitrogens with one attached hydrogen (secondary N) is 1. The summed E-state index contributed by atoms with van der Waals surface area (Å²) in [7, 11) is 0. The van der Waals surface area contributed by atoms with Crippen LogP contribution in [-0.2, 0) is 0 Å². The van der Waals surface area contributed by atoms with Gasteiger partial charge in [-0.3, -0.25) is 4.90 Å². The summed E-state index contributed by atoms with van der Waals surface area (Å²) < 4.78 is 0. The van der Waals surface area contributed by atoms with E-state index in [1.54, 1.807) is 0 Å². The Balaban J connectivity index is 1.56. The molecule has 0 aromatic rings. The lowest BCUT2D eigenvalue weighted by Gasteiger charge is -2.40. The summed E-state index contributed by atoms with van der Waals surface area (Å²) in [4.78, 5) is 2.95. The van der Waals surface area contributed by atoms with E-state index in [0.29, 0.717) is 0 Å². The minimum Gasteiger partial charge on any atom is -0.314 e. The van der Waals surface area contributed by atoms with Gasteiger partial charge < -0.3 is 5.32 Å². The van der Waals surface area contributed by atoms with Crippen LogP contribution in [0.4, 0.5) is 0 Å². The van der Waals surface area contributed by atoms with E-state index < -0.39 is 0 Å². The maximum atomic E-state index is 3.78. The molecule has 2 aliphatic carbocycles. The predicted molar refractivity (Wildman–Crippen MR) is 86.0 cm³/mol. The number of hydrogen-bond donors (Lipinski definition) is 1. The van der Waals surface area contributed by atoms with Crippen LogP contribution in [0.2, 0.25) is 0 Å². The maximum Gasteiger partial charge on any atom is 0.0127 e. The molecule has 0 radical (unpaired) electrons. The molecule has 0 spiro atoms. The smallest absolute Gasteiger partial charge is 0.0127 e. The van der Waals surface area contributed by atoms with Crippen LogP contribution in [0.5, 0.6) is 0 Å². The summed E-state index contributed by atoms with van der Waals surface area (Å²) in [5.74, 6) is 1.04. The molecule has 2 heteroatoms. The Labute approximate surface area is 125 Å². The van der Waals surface area contributed by atoms with E-state index in [2.05, 4.69) is 17.1 Å². The molecule has 2 saturated carbocycles. The third-order valence-electron chi connectivity index (χ3n) is 6.08. The zero-order valence-electron chi connectivity index (χ0n) is 13.4. The van der Waals surface area contributed by atoms with Gasteiger partial charge in [-0.1, -0.05) is 26.2 Å². The van der Waals surface area contributed by atoms with Gasteiger partial charge in [0.1, 0.15) is 0 Å². The molecule has 0 aromatic heterocycles. The van der Waals surface area contributed by atoms with Crippen molar-refractivity contribution in [2.24, 2.45) is 5.92 Å². The Kier molecular flexibility index (Phi) is 5.39. The number of likely N-dealkylation sites (tertiary alicyclic amines) is 1. The molecule has 0 amide bonds. The van der Waals surface area contributed by atoms with Gasteiger partial charge in [0.2, 0.25) is 0 Å². The van der Waals surface area contributed by atoms with Gasteiger partial charge in [0.15, 0.2) is 0 Å². The van der Waals surface area contributed by atoms with Gasteiger partial charge in [0, 0.05) is 18.1 Å². The Hall–Kier alpha value is -0.0800. The summed E-state index contributed by atoms with van der Waals surface area (Å²) in [6, 6.07) is 2.65. The molecule has 3 unspecified atom stereocenters. The average molecular weight is 278 g/mol. The summed E-state index contributed by atoms with van der Waals surface area (Å²) in [6.45, 7) is 4.89. The van der Waals surface area contributed by atoms with E-state index >= 15 is 0 Å². The molecule has 3 rings (SSSR count). The second kappa shape index (κ2) is 7.26. The molecule has 3 atom stereocenters. The molecule has 0 bridgehead atoms. The fourth-order valence-corrected chi connectivity index (χ4v) is 5.12. The Morgan fingerprint density at radius 3 is 2.60 bits per heavy atom. The Morgan fingerprint density at radius 2 is 1.80 bits per heavy atom. The van der Waals surface area contributed by atoms with E-state index in [4.69, 9.17) is 0 Å². The summed E-state index contributed by atoms with van der Waals surface area (Å²) >= 11 is 0. The first-order valence-corrected chi connectivity index (χ1v) is 9.37. The van der Waals surface area contributed by atoms with Crippen LogP contribution in [0.1, 0.15) is 77.6 Å². The van der Waals surface area contributed by atoms with Crippen molar-refractivity contribution in [1.82, 2.24) is 10.2 Å². The van der Waals surface area contributed by atoms with Crippen LogP contribution >= 0.6 is 0 Å². The van der Waals surface area contributed by atoms with Crippen LogP contribution in [-0.4, -0.2) is 36.1 Å². The van der Waals surface area contributed by atoms with Crippen molar-refractivity contribution in [3.8, 4) is 0 Å². The largest absolute Gasteiger partial charge is 0.314 e. The van der Waals surface area contributed by atoms with E-state index in [9.17, 15) is 0 Å². The second-order valence-corrected chi connectivity index (χ2v) is 7.46. The molecule has 0 aromatic carbocycles. The molecule has 3 fully saturated rings. The topological polar surface area (TPSA) is 15.3 Å². The molecule has 2 nitrogen and oxygen atoms in total. The normalized spacial score (nSPS) is 36.8. The first-order chi connectivity index (χ1) is 9.88. The molecular weight excluding hydrogens is 244 g/mol. The molecule has 1 N–H and O–H groups in total. The first kappa shape index (κ1) is 14.8. The first-order valence-electron chi connectivity index (χ1n) is 9.37. The summed E-state index contributed by atoms with van der Waals surface area (Å²) in [5.41, 5.74) is 0. The van der Waals surface area contributed by atoms with Crippen molar-refractivity contribution < 1.29 is 0 Å². The van der Waals surface area contributed by atoms with Gasteiger partial charge in [-0.2, -0.15) is 0 Å². The van der Waals surface area contributed by atoms with Gasteiger partial charge in [0.05, 0.1) is 0 Å². The van der Waals surface area contributed by atoms with Crippen molar-refractivity contribution >= 4 is 0 Å². The Bertz CT molecular complexity index is 285. The number of rotatable bonds is 5. The van der Waals surface area contributed by atoms with Crippen molar-refractivity contribution in [3.63, 3.8) is 0 Å². The van der Waals surface area contributed by atoms with Crippen LogP contribution in [0, 0.1) is 5.92 Å². The van der Waals surface area contributed by atoms with Crippen molar-refractivity contribution in [2.75, 3.05) is 13.1 Å². The fourth-order valence-electron chi connectivity index (χ4n) is 5.12. The van der Waals surface area contributed by atoms with Crippen LogP contribution in [0.15, 0.2) is 0 Å². The lowest BCUT2D eigenvalue weighted by molar-refractivity contribution is 0.0967. The average Bonchev–Trinajstić information content (AvgIpc) is 3.15. The van der Waals surface area contributed by atoms with Gasteiger partial charge in [-0.15, -0.1) is 0 Å². The highest BCUT2D eigenvalue weighted by Gasteiger charge is 2.38. The predicted octanol–water partition coefficient (Wildman–Crippen LogP) is 3.95. The SMILES string of the molecule is CCCNC1CCCC(N2CCCC2C2CCCC2)C1.